The van der Waals surface area contributed by atoms with Gasteiger partial charge in [-0.3, -0.25) is 9.59 Å². The van der Waals surface area contributed by atoms with Crippen molar-refractivity contribution in [3.8, 4) is 23.1 Å². The molecule has 10 nitrogen and oxygen atoms in total. The SMILES string of the molecule is CCOc1cc(C=Nn2c(-c3cc4cc(Cl)ccc4o3)nc3ccccc3c2=O)cc(Br)c1OCC(=O)N1CCOCC1. The lowest BCUT2D eigenvalue weighted by atomic mass is 10.2. The first-order valence-corrected chi connectivity index (χ1v) is 14.8. The molecule has 1 saturated heterocycles. The lowest BCUT2D eigenvalue weighted by molar-refractivity contribution is -0.137. The Morgan fingerprint density at radius 3 is 2.74 bits per heavy atom. The number of para-hydroxylation sites is 1. The van der Waals surface area contributed by atoms with Crippen molar-refractivity contribution >= 4 is 61.5 Å². The summed E-state index contributed by atoms with van der Waals surface area (Å²) in [6.45, 7) is 4.16. The zero-order valence-corrected chi connectivity index (χ0v) is 25.4. The highest BCUT2D eigenvalue weighted by Gasteiger charge is 2.20. The van der Waals surface area contributed by atoms with Gasteiger partial charge in [-0.1, -0.05) is 23.7 Å². The fourth-order valence-electron chi connectivity index (χ4n) is 4.74. The minimum absolute atomic E-state index is 0.133. The molecular weight excluding hydrogens is 640 g/mol. The lowest BCUT2D eigenvalue weighted by Crippen LogP contribution is -2.43. The average Bonchev–Trinajstić information content (AvgIpc) is 3.43. The largest absolute Gasteiger partial charge is 0.490 e. The Bertz CT molecular complexity index is 1910. The summed E-state index contributed by atoms with van der Waals surface area (Å²) in [6.07, 6.45) is 1.52. The Kier molecular flexibility index (Phi) is 8.46. The van der Waals surface area contributed by atoms with E-state index in [0.29, 0.717) is 81.7 Å². The van der Waals surface area contributed by atoms with Gasteiger partial charge in [-0.25, -0.2) is 4.98 Å². The second-order valence-corrected chi connectivity index (χ2v) is 10.9. The summed E-state index contributed by atoms with van der Waals surface area (Å²) in [7, 11) is 0. The third-order valence-electron chi connectivity index (χ3n) is 6.81. The highest BCUT2D eigenvalue weighted by atomic mass is 79.9. The highest BCUT2D eigenvalue weighted by Crippen LogP contribution is 2.37. The molecule has 6 rings (SSSR count). The molecule has 0 atom stereocenters. The number of morpholine rings is 1. The minimum Gasteiger partial charge on any atom is -0.490 e. The quantitative estimate of drug-likeness (QED) is 0.195. The molecule has 0 radical (unpaired) electrons. The molecule has 2 aromatic heterocycles. The van der Waals surface area contributed by atoms with E-state index in [1.54, 1.807) is 59.5 Å². The average molecular weight is 666 g/mol. The topological polar surface area (TPSA) is 108 Å². The number of amides is 1. The smallest absolute Gasteiger partial charge is 0.282 e. The molecule has 3 heterocycles. The normalized spacial score (nSPS) is 13.7. The third-order valence-corrected chi connectivity index (χ3v) is 7.63. The van der Waals surface area contributed by atoms with E-state index < -0.39 is 0 Å². The highest BCUT2D eigenvalue weighted by molar-refractivity contribution is 9.10. The summed E-state index contributed by atoms with van der Waals surface area (Å²) in [6, 6.07) is 17.6. The number of hydrogen-bond acceptors (Lipinski definition) is 8. The number of halogens is 2. The number of ether oxygens (including phenoxy) is 3. The molecule has 0 unspecified atom stereocenters. The first-order chi connectivity index (χ1) is 20.9. The van der Waals surface area contributed by atoms with E-state index in [1.165, 1.54) is 10.9 Å². The molecule has 1 fully saturated rings. The van der Waals surface area contributed by atoms with Gasteiger partial charge in [0.2, 0.25) is 5.82 Å². The molecule has 1 aliphatic rings. The number of hydrogen-bond donors (Lipinski definition) is 0. The standard InChI is InChI=1S/C31H26BrClN4O6/c1-2-41-26-14-19(13-23(32)29(26)42-18-28(38)36-9-11-40-12-10-36)17-34-37-30(35-24-6-4-3-5-22(24)31(37)39)27-16-20-15-21(33)7-8-25(20)43-27/h3-8,13-17H,2,9-12,18H2,1H3. The van der Waals surface area contributed by atoms with Crippen molar-refractivity contribution in [2.45, 2.75) is 6.92 Å². The maximum Gasteiger partial charge on any atom is 0.282 e. The molecule has 1 amide bonds. The summed E-state index contributed by atoms with van der Waals surface area (Å²) in [5.74, 6) is 1.28. The number of rotatable bonds is 8. The third kappa shape index (κ3) is 6.15. The molecule has 3 aromatic carbocycles. The summed E-state index contributed by atoms with van der Waals surface area (Å²) in [5, 5.41) is 6.28. The van der Waals surface area contributed by atoms with Gasteiger partial charge in [-0.15, -0.1) is 0 Å². The molecule has 220 valence electrons. The van der Waals surface area contributed by atoms with Crippen molar-refractivity contribution in [2.75, 3.05) is 39.5 Å². The van der Waals surface area contributed by atoms with E-state index >= 15 is 0 Å². The maximum atomic E-state index is 13.6. The number of carbonyl (C=O) groups is 1. The van der Waals surface area contributed by atoms with Crippen LogP contribution in [0.3, 0.4) is 0 Å². The van der Waals surface area contributed by atoms with Crippen molar-refractivity contribution < 1.29 is 23.4 Å². The van der Waals surface area contributed by atoms with E-state index in [-0.39, 0.29) is 23.9 Å². The van der Waals surface area contributed by atoms with Gasteiger partial charge in [-0.2, -0.15) is 9.78 Å². The molecule has 5 aromatic rings. The Hall–Kier alpha value is -4.19. The van der Waals surface area contributed by atoms with E-state index in [9.17, 15) is 9.59 Å². The van der Waals surface area contributed by atoms with Gasteiger partial charge in [0.05, 0.1) is 41.4 Å². The zero-order chi connectivity index (χ0) is 29.9. The molecular formula is C31H26BrClN4O6. The van der Waals surface area contributed by atoms with Gasteiger partial charge in [0.25, 0.3) is 11.5 Å². The molecule has 43 heavy (non-hydrogen) atoms. The summed E-state index contributed by atoms with van der Waals surface area (Å²) in [5.41, 5.74) is 1.37. The van der Waals surface area contributed by atoms with Crippen LogP contribution in [-0.2, 0) is 9.53 Å². The fourth-order valence-corrected chi connectivity index (χ4v) is 5.50. The number of furan rings is 1. The van der Waals surface area contributed by atoms with Crippen LogP contribution < -0.4 is 15.0 Å². The molecule has 0 bridgehead atoms. The number of aromatic nitrogens is 2. The molecule has 0 aliphatic carbocycles. The minimum atomic E-state index is -0.360. The van der Waals surface area contributed by atoms with E-state index in [1.807, 2.05) is 13.0 Å². The van der Waals surface area contributed by atoms with E-state index in [4.69, 9.17) is 35.2 Å². The van der Waals surface area contributed by atoms with Crippen LogP contribution in [0.4, 0.5) is 0 Å². The van der Waals surface area contributed by atoms with E-state index in [0.717, 1.165) is 5.39 Å². The Balaban J connectivity index is 1.36. The monoisotopic (exact) mass is 664 g/mol. The second kappa shape index (κ2) is 12.6. The predicted octanol–water partition coefficient (Wildman–Crippen LogP) is 5.74. The summed E-state index contributed by atoms with van der Waals surface area (Å²) in [4.78, 5) is 32.7. The Morgan fingerprint density at radius 1 is 1.12 bits per heavy atom. The van der Waals surface area contributed by atoms with Gasteiger partial charge in [0.15, 0.2) is 23.9 Å². The van der Waals surface area contributed by atoms with Gasteiger partial charge < -0.3 is 23.5 Å². The van der Waals surface area contributed by atoms with Crippen molar-refractivity contribution in [3.63, 3.8) is 0 Å². The predicted molar refractivity (Wildman–Crippen MR) is 167 cm³/mol. The van der Waals surface area contributed by atoms with Crippen molar-refractivity contribution in [1.29, 1.82) is 0 Å². The first-order valence-electron chi connectivity index (χ1n) is 13.6. The Labute approximate surface area is 259 Å². The van der Waals surface area contributed by atoms with Crippen molar-refractivity contribution in [2.24, 2.45) is 5.10 Å². The molecule has 0 N–H and O–H groups in total. The van der Waals surface area contributed by atoms with Gasteiger partial charge in [0.1, 0.15) is 5.58 Å². The van der Waals surface area contributed by atoms with Crippen molar-refractivity contribution in [3.05, 3.63) is 86.1 Å². The second-order valence-electron chi connectivity index (χ2n) is 9.65. The van der Waals surface area contributed by atoms with Crippen LogP contribution in [0.1, 0.15) is 12.5 Å². The summed E-state index contributed by atoms with van der Waals surface area (Å²) < 4.78 is 24.9. The fraction of sp³-hybridized carbons (Fsp3) is 0.226. The maximum absolute atomic E-state index is 13.6. The van der Waals surface area contributed by atoms with Crippen LogP contribution in [0.15, 0.2) is 79.4 Å². The van der Waals surface area contributed by atoms with E-state index in [2.05, 4.69) is 21.0 Å². The Morgan fingerprint density at radius 2 is 1.93 bits per heavy atom. The molecule has 0 saturated carbocycles. The number of fused-ring (bicyclic) bond motifs is 2. The van der Waals surface area contributed by atoms with Gasteiger partial charge in [-0.05, 0) is 76.9 Å². The van der Waals surface area contributed by atoms with Crippen molar-refractivity contribution in [1.82, 2.24) is 14.6 Å². The number of benzene rings is 3. The molecule has 0 spiro atoms. The van der Waals surface area contributed by atoms with Crippen LogP contribution in [0.5, 0.6) is 11.5 Å². The lowest BCUT2D eigenvalue weighted by Gasteiger charge is -2.27. The van der Waals surface area contributed by atoms with Gasteiger partial charge in [0, 0.05) is 23.5 Å². The zero-order valence-electron chi connectivity index (χ0n) is 23.1. The molecule has 1 aliphatic heterocycles. The number of nitrogens with zero attached hydrogens (tertiary/aromatic N) is 4. The number of carbonyl (C=O) groups excluding carboxylic acids is 1. The van der Waals surface area contributed by atoms with Crippen LogP contribution in [-0.4, -0.2) is 66.2 Å². The first kappa shape index (κ1) is 28.9. The van der Waals surface area contributed by atoms with Gasteiger partial charge >= 0.3 is 0 Å². The van der Waals surface area contributed by atoms with Crippen LogP contribution in [0, 0.1) is 0 Å². The van der Waals surface area contributed by atoms with Crippen LogP contribution in [0.25, 0.3) is 33.5 Å². The van der Waals surface area contributed by atoms with Crippen LogP contribution in [0.2, 0.25) is 5.02 Å². The van der Waals surface area contributed by atoms with Crippen LogP contribution >= 0.6 is 27.5 Å². The summed E-state index contributed by atoms with van der Waals surface area (Å²) >= 11 is 9.72. The molecule has 12 heteroatoms.